The first-order chi connectivity index (χ1) is 16.3. The molecule has 9 nitrogen and oxygen atoms in total. The van der Waals surface area contributed by atoms with Crippen LogP contribution in [-0.4, -0.2) is 84.3 Å². The number of likely N-dealkylation sites (N-methyl/N-ethyl adjacent to an activating group) is 2. The van der Waals surface area contributed by atoms with Crippen molar-refractivity contribution in [3.63, 3.8) is 0 Å². The lowest BCUT2D eigenvalue weighted by molar-refractivity contribution is -0.124. The summed E-state index contributed by atoms with van der Waals surface area (Å²) in [6, 6.07) is 8.22. The van der Waals surface area contributed by atoms with Gasteiger partial charge in [-0.2, -0.15) is 0 Å². The number of carbonyl (C=O) groups excluding carboxylic acids is 2. The lowest BCUT2D eigenvalue weighted by atomic mass is 9.79. The van der Waals surface area contributed by atoms with Crippen LogP contribution < -0.4 is 24.3 Å². The summed E-state index contributed by atoms with van der Waals surface area (Å²) in [6.45, 7) is 1.16. The Morgan fingerprint density at radius 3 is 2.12 bits per heavy atom. The zero-order valence-corrected chi connectivity index (χ0v) is 20.8. The van der Waals surface area contributed by atoms with E-state index in [2.05, 4.69) is 5.32 Å². The van der Waals surface area contributed by atoms with Crippen LogP contribution in [0.15, 0.2) is 30.3 Å². The van der Waals surface area contributed by atoms with Crippen molar-refractivity contribution in [2.75, 3.05) is 62.7 Å². The SMILES string of the molecule is COc1ccc([C@@H]2[C@@H](C(=O)NCCN(C)C)c3cc(OC)c(OC)cc3C(=O)N2C)cc1OC. The molecule has 0 bridgehead atoms. The molecule has 184 valence electrons. The molecule has 2 aromatic carbocycles. The maximum Gasteiger partial charge on any atom is 0.254 e. The van der Waals surface area contributed by atoms with Crippen LogP contribution >= 0.6 is 0 Å². The third-order valence-corrected chi connectivity index (χ3v) is 6.06. The molecule has 2 amide bonds. The fourth-order valence-corrected chi connectivity index (χ4v) is 4.30. The Morgan fingerprint density at radius 1 is 0.941 bits per heavy atom. The number of nitrogens with zero attached hydrogens (tertiary/aromatic N) is 2. The van der Waals surface area contributed by atoms with Gasteiger partial charge in [-0.3, -0.25) is 9.59 Å². The van der Waals surface area contributed by atoms with E-state index in [1.165, 1.54) is 14.2 Å². The summed E-state index contributed by atoms with van der Waals surface area (Å²) in [5, 5.41) is 3.03. The van der Waals surface area contributed by atoms with Crippen molar-refractivity contribution >= 4 is 11.8 Å². The van der Waals surface area contributed by atoms with Gasteiger partial charge in [0.25, 0.3) is 5.91 Å². The lowest BCUT2D eigenvalue weighted by Crippen LogP contribution is -2.46. The molecule has 1 N–H and O–H groups in total. The second-order valence-electron chi connectivity index (χ2n) is 8.34. The van der Waals surface area contributed by atoms with E-state index in [0.717, 1.165) is 5.56 Å². The van der Waals surface area contributed by atoms with Crippen molar-refractivity contribution < 1.29 is 28.5 Å². The molecular weight excluding hydrogens is 438 g/mol. The third-order valence-electron chi connectivity index (χ3n) is 6.06. The van der Waals surface area contributed by atoms with Crippen molar-refractivity contribution in [3.05, 3.63) is 47.0 Å². The molecule has 0 unspecified atom stereocenters. The number of hydrogen-bond donors (Lipinski definition) is 1. The Hall–Kier alpha value is -3.46. The normalized spacial score (nSPS) is 17.3. The summed E-state index contributed by atoms with van der Waals surface area (Å²) < 4.78 is 21.7. The maximum absolute atomic E-state index is 13.6. The molecule has 0 fully saturated rings. The molecule has 1 heterocycles. The number of carbonyl (C=O) groups is 2. The van der Waals surface area contributed by atoms with Crippen LogP contribution in [0.4, 0.5) is 0 Å². The minimum absolute atomic E-state index is 0.186. The molecule has 3 rings (SSSR count). The van der Waals surface area contributed by atoms with Gasteiger partial charge in [-0.05, 0) is 49.5 Å². The highest BCUT2D eigenvalue weighted by Crippen LogP contribution is 2.46. The van der Waals surface area contributed by atoms with Gasteiger partial charge in [0.1, 0.15) is 0 Å². The highest BCUT2D eigenvalue weighted by molar-refractivity contribution is 6.02. The number of rotatable bonds is 9. The van der Waals surface area contributed by atoms with Gasteiger partial charge in [-0.25, -0.2) is 0 Å². The van der Waals surface area contributed by atoms with Crippen molar-refractivity contribution in [2.45, 2.75) is 12.0 Å². The zero-order chi connectivity index (χ0) is 25.0. The van der Waals surface area contributed by atoms with E-state index >= 15 is 0 Å². The van der Waals surface area contributed by atoms with E-state index in [9.17, 15) is 9.59 Å². The van der Waals surface area contributed by atoms with Gasteiger partial charge in [-0.15, -0.1) is 0 Å². The number of ether oxygens (including phenoxy) is 4. The summed E-state index contributed by atoms with van der Waals surface area (Å²) >= 11 is 0. The standard InChI is InChI=1S/C25H33N3O6/c1-27(2)11-10-26-24(29)22-16-13-20(33-6)21(34-7)14-17(16)25(30)28(3)23(22)15-8-9-18(31-4)19(12-15)32-5/h8-9,12-14,22-23H,10-11H2,1-7H3,(H,26,29)/t22-,23+/m0/s1. The Morgan fingerprint density at radius 2 is 1.53 bits per heavy atom. The molecule has 2 aromatic rings. The quantitative estimate of drug-likeness (QED) is 0.600. The van der Waals surface area contributed by atoms with Gasteiger partial charge in [0.05, 0.1) is 40.4 Å². The Balaban J connectivity index is 2.17. The number of hydrogen-bond acceptors (Lipinski definition) is 7. The number of methoxy groups -OCH3 is 4. The van der Waals surface area contributed by atoms with E-state index in [1.807, 2.05) is 25.1 Å². The molecule has 1 aliphatic heterocycles. The molecule has 1 aliphatic rings. The largest absolute Gasteiger partial charge is 0.493 e. The van der Waals surface area contributed by atoms with E-state index in [1.54, 1.807) is 50.4 Å². The van der Waals surface area contributed by atoms with Crippen LogP contribution in [0, 0.1) is 0 Å². The van der Waals surface area contributed by atoms with Crippen molar-refractivity contribution in [2.24, 2.45) is 0 Å². The molecule has 2 atom stereocenters. The highest BCUT2D eigenvalue weighted by Gasteiger charge is 2.43. The summed E-state index contributed by atoms with van der Waals surface area (Å²) in [7, 11) is 11.7. The van der Waals surface area contributed by atoms with E-state index in [0.29, 0.717) is 47.2 Å². The number of amides is 2. The molecule has 0 aromatic heterocycles. The Kier molecular flexibility index (Phi) is 7.88. The smallest absolute Gasteiger partial charge is 0.254 e. The van der Waals surface area contributed by atoms with E-state index < -0.39 is 12.0 Å². The predicted octanol–water partition coefficient (Wildman–Crippen LogP) is 2.31. The summed E-state index contributed by atoms with van der Waals surface area (Å²) in [5.74, 6) is 0.885. The number of benzene rings is 2. The molecular formula is C25H33N3O6. The number of nitrogens with one attached hydrogen (secondary N) is 1. The molecule has 0 radical (unpaired) electrons. The molecule has 0 spiro atoms. The molecule has 0 saturated carbocycles. The topological polar surface area (TPSA) is 89.6 Å². The first kappa shape index (κ1) is 25.2. The third kappa shape index (κ3) is 4.75. The summed E-state index contributed by atoms with van der Waals surface area (Å²) in [5.41, 5.74) is 1.74. The highest BCUT2D eigenvalue weighted by atomic mass is 16.5. The van der Waals surface area contributed by atoms with Crippen LogP contribution in [-0.2, 0) is 4.79 Å². The lowest BCUT2D eigenvalue weighted by Gasteiger charge is -2.40. The number of fused-ring (bicyclic) bond motifs is 1. The summed E-state index contributed by atoms with van der Waals surface area (Å²) in [4.78, 5) is 30.6. The zero-order valence-electron chi connectivity index (χ0n) is 20.8. The average molecular weight is 472 g/mol. The van der Waals surface area contributed by atoms with Crippen molar-refractivity contribution in [1.29, 1.82) is 0 Å². The van der Waals surface area contributed by atoms with Gasteiger partial charge >= 0.3 is 0 Å². The van der Waals surface area contributed by atoms with Crippen molar-refractivity contribution in [1.82, 2.24) is 15.1 Å². The van der Waals surface area contributed by atoms with E-state index in [-0.39, 0.29) is 11.8 Å². The van der Waals surface area contributed by atoms with Gasteiger partial charge in [-0.1, -0.05) is 6.07 Å². The van der Waals surface area contributed by atoms with Crippen LogP contribution in [0.25, 0.3) is 0 Å². The van der Waals surface area contributed by atoms with Crippen molar-refractivity contribution in [3.8, 4) is 23.0 Å². The summed E-state index contributed by atoms with van der Waals surface area (Å²) in [6.07, 6.45) is 0. The maximum atomic E-state index is 13.6. The fourth-order valence-electron chi connectivity index (χ4n) is 4.30. The van der Waals surface area contributed by atoms with Gasteiger partial charge < -0.3 is 34.1 Å². The monoisotopic (exact) mass is 471 g/mol. The fraction of sp³-hybridized carbons (Fsp3) is 0.440. The first-order valence-electron chi connectivity index (χ1n) is 10.9. The van der Waals surface area contributed by atoms with Gasteiger partial charge in [0, 0.05) is 25.7 Å². The predicted molar refractivity (Wildman–Crippen MR) is 128 cm³/mol. The van der Waals surface area contributed by atoms with Crippen LogP contribution in [0.2, 0.25) is 0 Å². The molecule has 9 heteroatoms. The molecule has 34 heavy (non-hydrogen) atoms. The minimum atomic E-state index is -0.683. The van der Waals surface area contributed by atoms with Gasteiger partial charge in [0.2, 0.25) is 5.91 Å². The molecule has 0 saturated heterocycles. The minimum Gasteiger partial charge on any atom is -0.493 e. The van der Waals surface area contributed by atoms with E-state index in [4.69, 9.17) is 18.9 Å². The second-order valence-corrected chi connectivity index (χ2v) is 8.34. The van der Waals surface area contributed by atoms with Crippen LogP contribution in [0.3, 0.4) is 0 Å². The first-order valence-corrected chi connectivity index (χ1v) is 10.9. The van der Waals surface area contributed by atoms with Crippen LogP contribution in [0.5, 0.6) is 23.0 Å². The molecule has 0 aliphatic carbocycles. The van der Waals surface area contributed by atoms with Gasteiger partial charge in [0.15, 0.2) is 23.0 Å². The Labute approximate surface area is 200 Å². The second kappa shape index (κ2) is 10.6. The van der Waals surface area contributed by atoms with Crippen LogP contribution in [0.1, 0.15) is 33.4 Å². The Bertz CT molecular complexity index is 1060. The average Bonchev–Trinajstić information content (AvgIpc) is 2.84.